The summed E-state index contributed by atoms with van der Waals surface area (Å²) in [5.41, 5.74) is 6.78. The molecular formula is C23H23ClN2O3. The SMILES string of the molecule is COc1ccc(N/N=C/c2cccc(OC)c2OCc2cccc(C)c2)cc1Cl. The second-order valence-corrected chi connectivity index (χ2v) is 6.78. The van der Waals surface area contributed by atoms with Gasteiger partial charge in [0, 0.05) is 5.56 Å². The molecule has 0 unspecified atom stereocenters. The number of nitrogens with one attached hydrogen (secondary N) is 1. The van der Waals surface area contributed by atoms with Gasteiger partial charge in [0.15, 0.2) is 11.5 Å². The minimum atomic E-state index is 0.435. The van der Waals surface area contributed by atoms with E-state index in [4.69, 9.17) is 25.8 Å². The van der Waals surface area contributed by atoms with Gasteiger partial charge in [0.2, 0.25) is 0 Å². The highest BCUT2D eigenvalue weighted by molar-refractivity contribution is 6.32. The molecule has 1 N–H and O–H groups in total. The van der Waals surface area contributed by atoms with Crippen molar-refractivity contribution in [2.24, 2.45) is 5.10 Å². The number of hydrazone groups is 1. The van der Waals surface area contributed by atoms with Crippen LogP contribution in [0.4, 0.5) is 5.69 Å². The Labute approximate surface area is 175 Å². The Bertz CT molecular complexity index is 1010. The monoisotopic (exact) mass is 410 g/mol. The molecule has 0 radical (unpaired) electrons. The lowest BCUT2D eigenvalue weighted by Crippen LogP contribution is -2.02. The van der Waals surface area contributed by atoms with Crippen molar-refractivity contribution in [2.45, 2.75) is 13.5 Å². The van der Waals surface area contributed by atoms with Crippen molar-refractivity contribution in [1.29, 1.82) is 0 Å². The average molecular weight is 411 g/mol. The Hall–Kier alpha value is -3.18. The van der Waals surface area contributed by atoms with Gasteiger partial charge in [0.25, 0.3) is 0 Å². The molecule has 0 aliphatic heterocycles. The van der Waals surface area contributed by atoms with E-state index in [9.17, 15) is 0 Å². The first-order chi connectivity index (χ1) is 14.1. The molecule has 0 atom stereocenters. The summed E-state index contributed by atoms with van der Waals surface area (Å²) in [5, 5.41) is 4.81. The smallest absolute Gasteiger partial charge is 0.170 e. The first-order valence-electron chi connectivity index (χ1n) is 9.08. The fourth-order valence-corrected chi connectivity index (χ4v) is 3.08. The van der Waals surface area contributed by atoms with E-state index in [1.54, 1.807) is 32.6 Å². The molecule has 5 nitrogen and oxygen atoms in total. The molecule has 0 spiro atoms. The summed E-state index contributed by atoms with van der Waals surface area (Å²) in [6, 6.07) is 19.2. The Morgan fingerprint density at radius 2 is 1.76 bits per heavy atom. The van der Waals surface area contributed by atoms with Crippen molar-refractivity contribution < 1.29 is 14.2 Å². The highest BCUT2D eigenvalue weighted by Gasteiger charge is 2.10. The lowest BCUT2D eigenvalue weighted by molar-refractivity contribution is 0.284. The standard InChI is InChI=1S/C23H23ClN2O3/c1-16-6-4-7-17(12-16)15-29-23-18(8-5-9-22(23)28-3)14-25-26-19-10-11-21(27-2)20(24)13-19/h4-14,26H,15H2,1-3H3/b25-14+. The van der Waals surface area contributed by atoms with Crippen molar-refractivity contribution in [2.75, 3.05) is 19.6 Å². The maximum Gasteiger partial charge on any atom is 0.170 e. The summed E-state index contributed by atoms with van der Waals surface area (Å²) in [6.45, 7) is 2.49. The number of hydrogen-bond donors (Lipinski definition) is 1. The lowest BCUT2D eigenvalue weighted by atomic mass is 10.1. The van der Waals surface area contributed by atoms with Gasteiger partial charge >= 0.3 is 0 Å². The summed E-state index contributed by atoms with van der Waals surface area (Å²) >= 11 is 6.15. The minimum Gasteiger partial charge on any atom is -0.495 e. The van der Waals surface area contributed by atoms with Crippen LogP contribution in [-0.4, -0.2) is 20.4 Å². The number of aryl methyl sites for hydroxylation is 1. The number of anilines is 1. The van der Waals surface area contributed by atoms with Crippen LogP contribution in [0.5, 0.6) is 17.2 Å². The maximum atomic E-state index is 6.15. The summed E-state index contributed by atoms with van der Waals surface area (Å²) in [4.78, 5) is 0. The van der Waals surface area contributed by atoms with Crippen LogP contribution >= 0.6 is 11.6 Å². The average Bonchev–Trinajstić information content (AvgIpc) is 2.72. The maximum absolute atomic E-state index is 6.15. The molecular weight excluding hydrogens is 388 g/mol. The number of para-hydroxylation sites is 1. The fourth-order valence-electron chi connectivity index (χ4n) is 2.82. The number of hydrogen-bond acceptors (Lipinski definition) is 5. The normalized spacial score (nSPS) is 10.8. The van der Waals surface area contributed by atoms with E-state index in [0.717, 1.165) is 16.8 Å². The second kappa shape index (κ2) is 9.85. The zero-order valence-corrected chi connectivity index (χ0v) is 17.4. The van der Waals surface area contributed by atoms with Gasteiger partial charge < -0.3 is 14.2 Å². The van der Waals surface area contributed by atoms with E-state index in [0.29, 0.717) is 28.9 Å². The molecule has 0 saturated carbocycles. The number of methoxy groups -OCH3 is 2. The Kier molecular flexibility index (Phi) is 6.98. The third-order valence-corrected chi connectivity index (χ3v) is 4.54. The molecule has 3 aromatic rings. The molecule has 6 heteroatoms. The van der Waals surface area contributed by atoms with E-state index >= 15 is 0 Å². The molecule has 0 bridgehead atoms. The number of benzene rings is 3. The molecule has 0 fully saturated rings. The second-order valence-electron chi connectivity index (χ2n) is 6.38. The molecule has 0 saturated heterocycles. The molecule has 0 aromatic heterocycles. The van der Waals surface area contributed by atoms with Gasteiger partial charge in [0.05, 0.1) is 31.1 Å². The van der Waals surface area contributed by atoms with Crippen LogP contribution in [0.3, 0.4) is 0 Å². The van der Waals surface area contributed by atoms with Gasteiger partial charge in [-0.1, -0.05) is 47.5 Å². The number of rotatable bonds is 8. The molecule has 29 heavy (non-hydrogen) atoms. The zero-order valence-electron chi connectivity index (χ0n) is 16.6. The first-order valence-corrected chi connectivity index (χ1v) is 9.46. The van der Waals surface area contributed by atoms with Gasteiger partial charge in [-0.05, 0) is 42.8 Å². The topological polar surface area (TPSA) is 52.1 Å². The number of nitrogens with zero attached hydrogens (tertiary/aromatic N) is 1. The highest BCUT2D eigenvalue weighted by atomic mass is 35.5. The summed E-state index contributed by atoms with van der Waals surface area (Å²) in [7, 11) is 3.20. The van der Waals surface area contributed by atoms with Crippen LogP contribution in [0.1, 0.15) is 16.7 Å². The molecule has 3 aromatic carbocycles. The van der Waals surface area contributed by atoms with Crippen LogP contribution < -0.4 is 19.6 Å². The molecule has 0 aliphatic rings. The number of ether oxygens (including phenoxy) is 3. The molecule has 0 amide bonds. The third kappa shape index (κ3) is 5.42. The van der Waals surface area contributed by atoms with Gasteiger partial charge in [-0.25, -0.2) is 0 Å². The van der Waals surface area contributed by atoms with Crippen LogP contribution in [-0.2, 0) is 6.61 Å². The highest BCUT2D eigenvalue weighted by Crippen LogP contribution is 2.31. The van der Waals surface area contributed by atoms with Crippen molar-refractivity contribution in [3.8, 4) is 17.2 Å². The van der Waals surface area contributed by atoms with Gasteiger partial charge in [-0.2, -0.15) is 5.10 Å². The molecule has 0 heterocycles. The van der Waals surface area contributed by atoms with Crippen LogP contribution in [0.2, 0.25) is 5.02 Å². The Morgan fingerprint density at radius 3 is 2.48 bits per heavy atom. The fraction of sp³-hybridized carbons (Fsp3) is 0.174. The molecule has 150 valence electrons. The number of halogens is 1. The van der Waals surface area contributed by atoms with Crippen molar-refractivity contribution >= 4 is 23.5 Å². The van der Waals surface area contributed by atoms with E-state index in [1.165, 1.54) is 5.56 Å². The van der Waals surface area contributed by atoms with Crippen molar-refractivity contribution in [1.82, 2.24) is 0 Å². The Morgan fingerprint density at radius 1 is 0.966 bits per heavy atom. The van der Waals surface area contributed by atoms with Crippen LogP contribution in [0, 0.1) is 6.92 Å². The molecule has 0 aliphatic carbocycles. The van der Waals surface area contributed by atoms with E-state index < -0.39 is 0 Å². The largest absolute Gasteiger partial charge is 0.495 e. The minimum absolute atomic E-state index is 0.435. The predicted octanol–water partition coefficient (Wildman–Crippen LogP) is 5.69. The van der Waals surface area contributed by atoms with Crippen molar-refractivity contribution in [3.63, 3.8) is 0 Å². The first kappa shape index (κ1) is 20.6. The van der Waals surface area contributed by atoms with E-state index in [2.05, 4.69) is 29.6 Å². The third-order valence-electron chi connectivity index (χ3n) is 4.24. The summed E-state index contributed by atoms with van der Waals surface area (Å²) in [6.07, 6.45) is 1.69. The quantitative estimate of drug-likeness (QED) is 0.383. The summed E-state index contributed by atoms with van der Waals surface area (Å²) < 4.78 is 16.7. The van der Waals surface area contributed by atoms with Crippen LogP contribution in [0.15, 0.2) is 65.8 Å². The van der Waals surface area contributed by atoms with Gasteiger partial charge in [0.1, 0.15) is 12.4 Å². The molecule has 3 rings (SSSR count). The van der Waals surface area contributed by atoms with Gasteiger partial charge in [-0.3, -0.25) is 5.43 Å². The summed E-state index contributed by atoms with van der Waals surface area (Å²) in [5.74, 6) is 1.89. The Balaban J connectivity index is 1.76. The zero-order chi connectivity index (χ0) is 20.6. The predicted molar refractivity (Wildman–Crippen MR) is 118 cm³/mol. The van der Waals surface area contributed by atoms with Crippen LogP contribution in [0.25, 0.3) is 0 Å². The van der Waals surface area contributed by atoms with Crippen molar-refractivity contribution in [3.05, 3.63) is 82.4 Å². The lowest BCUT2D eigenvalue weighted by Gasteiger charge is -2.13. The van der Waals surface area contributed by atoms with E-state index in [-0.39, 0.29) is 0 Å². The van der Waals surface area contributed by atoms with E-state index in [1.807, 2.05) is 36.4 Å². The van der Waals surface area contributed by atoms with Gasteiger partial charge in [-0.15, -0.1) is 0 Å².